The van der Waals surface area contributed by atoms with Gasteiger partial charge < -0.3 is 20.7 Å². The number of alkyl halides is 3. The Morgan fingerprint density at radius 3 is 2.49 bits per heavy atom. The normalized spacial score (nSPS) is 26.1. The fourth-order valence-corrected chi connectivity index (χ4v) is 6.35. The average Bonchev–Trinajstić information content (AvgIpc) is 3.61. The highest BCUT2D eigenvalue weighted by Crippen LogP contribution is 2.58. The average molecular weight is 551 g/mol. The van der Waals surface area contributed by atoms with Crippen molar-refractivity contribution < 1.29 is 26.7 Å². The monoisotopic (exact) mass is 550 g/mol. The van der Waals surface area contributed by atoms with Crippen LogP contribution in [0.5, 0.6) is 5.75 Å². The van der Waals surface area contributed by atoms with E-state index in [0.717, 1.165) is 37.8 Å². The van der Waals surface area contributed by atoms with Crippen LogP contribution in [0.25, 0.3) is 22.2 Å². The van der Waals surface area contributed by atoms with E-state index in [0.29, 0.717) is 29.0 Å². The molecule has 1 aliphatic heterocycles. The molecule has 3 aromatic rings. The Morgan fingerprint density at radius 2 is 1.87 bits per heavy atom. The molecule has 0 amide bonds. The lowest BCUT2D eigenvalue weighted by Crippen LogP contribution is -2.19. The summed E-state index contributed by atoms with van der Waals surface area (Å²) in [5.74, 6) is -2.35. The van der Waals surface area contributed by atoms with Gasteiger partial charge in [0.25, 0.3) is 0 Å². The van der Waals surface area contributed by atoms with E-state index in [1.807, 2.05) is 27.9 Å². The number of hydrogen-bond donors (Lipinski definition) is 2. The molecule has 39 heavy (non-hydrogen) atoms. The molecule has 4 unspecified atom stereocenters. The van der Waals surface area contributed by atoms with Gasteiger partial charge in [0.1, 0.15) is 11.2 Å². The highest BCUT2D eigenvalue weighted by molar-refractivity contribution is 5.91. The molecule has 1 saturated heterocycles. The number of hydrogen-bond acceptors (Lipinski definition) is 6. The molecule has 6 rings (SSSR count). The predicted molar refractivity (Wildman–Crippen MR) is 136 cm³/mol. The molecule has 3 N–H and O–H groups in total. The van der Waals surface area contributed by atoms with Crippen molar-refractivity contribution in [3.8, 4) is 17.0 Å². The van der Waals surface area contributed by atoms with Crippen LogP contribution in [-0.2, 0) is 0 Å². The number of rotatable bonds is 7. The van der Waals surface area contributed by atoms with Crippen LogP contribution in [0.15, 0.2) is 12.1 Å². The Kier molecular flexibility index (Phi) is 6.07. The van der Waals surface area contributed by atoms with E-state index in [9.17, 15) is 17.6 Å². The van der Waals surface area contributed by atoms with Gasteiger partial charge in [-0.3, -0.25) is 4.68 Å². The number of ether oxygens (including phenoxy) is 1. The second-order valence-electron chi connectivity index (χ2n) is 11.6. The summed E-state index contributed by atoms with van der Waals surface area (Å²) in [5.41, 5.74) is 6.19. The number of halogens is 5. The zero-order valence-electron chi connectivity index (χ0n) is 22.1. The lowest BCUT2D eigenvalue weighted by Gasteiger charge is -2.18. The molecule has 210 valence electrons. The summed E-state index contributed by atoms with van der Waals surface area (Å²) >= 11 is 0. The second-order valence-corrected chi connectivity index (χ2v) is 11.6. The Bertz CT molecular complexity index is 1440. The van der Waals surface area contributed by atoms with Gasteiger partial charge >= 0.3 is 6.36 Å². The standard InChI is InChI=1S/C27H31F5N6O/c1-11(2)22-20-24(19-15-8-34-9-16(15)19)36-38(18-5-12(18)10-37(3)4)25(20)21(29)23(35-22)14-6-13(33)7-17(28)26(14)39-27(30,31)32/h6-7,11-12,15-16,18-19,34H,5,8-10,33H2,1-4H3. The molecule has 0 bridgehead atoms. The van der Waals surface area contributed by atoms with Crippen LogP contribution < -0.4 is 15.8 Å². The van der Waals surface area contributed by atoms with Crippen LogP contribution in [0.1, 0.15) is 49.5 Å². The summed E-state index contributed by atoms with van der Waals surface area (Å²) in [7, 11) is 3.94. The smallest absolute Gasteiger partial charge is 0.402 e. The molecular weight excluding hydrogens is 519 g/mol. The Hall–Kier alpha value is -2.99. The number of pyridine rings is 1. The summed E-state index contributed by atoms with van der Waals surface area (Å²) < 4.78 is 76.9. The minimum atomic E-state index is -5.20. The molecule has 3 aliphatic rings. The summed E-state index contributed by atoms with van der Waals surface area (Å²) in [4.78, 5) is 6.61. The van der Waals surface area contributed by atoms with Crippen molar-refractivity contribution in [2.24, 2.45) is 17.8 Å². The molecule has 1 aromatic carbocycles. The molecule has 3 fully saturated rings. The van der Waals surface area contributed by atoms with Gasteiger partial charge in [0.05, 0.1) is 23.0 Å². The molecule has 3 heterocycles. The van der Waals surface area contributed by atoms with E-state index in [-0.39, 0.29) is 35.0 Å². The molecule has 4 atom stereocenters. The summed E-state index contributed by atoms with van der Waals surface area (Å²) in [6.07, 6.45) is -4.40. The third-order valence-electron chi connectivity index (χ3n) is 8.13. The van der Waals surface area contributed by atoms with Crippen molar-refractivity contribution in [2.45, 2.75) is 44.5 Å². The van der Waals surface area contributed by atoms with E-state index in [4.69, 9.17) is 10.8 Å². The molecule has 2 aliphatic carbocycles. The maximum atomic E-state index is 16.7. The van der Waals surface area contributed by atoms with Gasteiger partial charge in [-0.15, -0.1) is 13.2 Å². The zero-order valence-corrected chi connectivity index (χ0v) is 22.1. The molecule has 0 radical (unpaired) electrons. The van der Waals surface area contributed by atoms with Crippen LogP contribution >= 0.6 is 0 Å². The molecular formula is C27H31F5N6O. The van der Waals surface area contributed by atoms with Gasteiger partial charge in [0.2, 0.25) is 0 Å². The van der Waals surface area contributed by atoms with Crippen molar-refractivity contribution >= 4 is 16.6 Å². The molecule has 0 spiro atoms. The topological polar surface area (TPSA) is 81.2 Å². The van der Waals surface area contributed by atoms with E-state index in [2.05, 4.69) is 19.9 Å². The van der Waals surface area contributed by atoms with Gasteiger partial charge in [0, 0.05) is 29.6 Å². The van der Waals surface area contributed by atoms with Crippen molar-refractivity contribution in [1.29, 1.82) is 0 Å². The quantitative estimate of drug-likeness (QED) is 0.317. The van der Waals surface area contributed by atoms with Crippen LogP contribution in [-0.4, -0.2) is 59.8 Å². The number of piperidine rings is 1. The predicted octanol–water partition coefficient (Wildman–Crippen LogP) is 5.04. The number of nitrogens with one attached hydrogen (secondary N) is 1. The first-order chi connectivity index (χ1) is 18.4. The van der Waals surface area contributed by atoms with Gasteiger partial charge in [-0.2, -0.15) is 5.10 Å². The number of aromatic nitrogens is 3. The molecule has 2 aromatic heterocycles. The summed E-state index contributed by atoms with van der Waals surface area (Å²) in [6.45, 7) is 6.29. The second kappa shape index (κ2) is 9.02. The summed E-state index contributed by atoms with van der Waals surface area (Å²) in [5, 5.41) is 8.98. The number of fused-ring (bicyclic) bond motifs is 2. The minimum Gasteiger partial charge on any atom is -0.402 e. The number of nitrogens with zero attached hydrogens (tertiary/aromatic N) is 4. The number of nitrogen functional groups attached to an aromatic ring is 1. The zero-order chi connectivity index (χ0) is 28.0. The lowest BCUT2D eigenvalue weighted by molar-refractivity contribution is -0.275. The molecule has 7 nitrogen and oxygen atoms in total. The third kappa shape index (κ3) is 4.51. The number of benzene rings is 1. The maximum Gasteiger partial charge on any atom is 0.573 e. The fraction of sp³-hybridized carbons (Fsp3) is 0.556. The van der Waals surface area contributed by atoms with Crippen molar-refractivity contribution in [3.63, 3.8) is 0 Å². The van der Waals surface area contributed by atoms with E-state index >= 15 is 4.39 Å². The van der Waals surface area contributed by atoms with Gasteiger partial charge in [-0.1, -0.05) is 13.8 Å². The largest absolute Gasteiger partial charge is 0.573 e. The maximum absolute atomic E-state index is 16.7. The van der Waals surface area contributed by atoms with Crippen molar-refractivity contribution in [1.82, 2.24) is 25.0 Å². The molecule has 2 saturated carbocycles. The minimum absolute atomic E-state index is 0.0615. The van der Waals surface area contributed by atoms with Gasteiger partial charge in [0.15, 0.2) is 17.4 Å². The first-order valence-electron chi connectivity index (χ1n) is 13.2. The van der Waals surface area contributed by atoms with Crippen LogP contribution in [0.3, 0.4) is 0 Å². The van der Waals surface area contributed by atoms with Crippen LogP contribution in [0, 0.1) is 29.4 Å². The summed E-state index contributed by atoms with van der Waals surface area (Å²) in [6, 6.07) is 1.72. The van der Waals surface area contributed by atoms with Crippen molar-refractivity contribution in [3.05, 3.63) is 35.2 Å². The van der Waals surface area contributed by atoms with E-state index in [1.165, 1.54) is 0 Å². The molecule has 12 heteroatoms. The van der Waals surface area contributed by atoms with Crippen LogP contribution in [0.2, 0.25) is 0 Å². The first kappa shape index (κ1) is 26.2. The van der Waals surface area contributed by atoms with Crippen LogP contribution in [0.4, 0.5) is 27.6 Å². The fourth-order valence-electron chi connectivity index (χ4n) is 6.35. The first-order valence-corrected chi connectivity index (χ1v) is 13.2. The van der Waals surface area contributed by atoms with Crippen molar-refractivity contribution in [2.75, 3.05) is 39.5 Å². The number of anilines is 1. The Labute approximate surface area is 222 Å². The highest BCUT2D eigenvalue weighted by Gasteiger charge is 2.56. The Morgan fingerprint density at radius 1 is 1.18 bits per heavy atom. The van der Waals surface area contributed by atoms with E-state index in [1.54, 1.807) is 4.68 Å². The highest BCUT2D eigenvalue weighted by atomic mass is 19.4. The van der Waals surface area contributed by atoms with Gasteiger partial charge in [-0.05, 0) is 63.3 Å². The number of nitrogens with two attached hydrogens (primary N) is 1. The lowest BCUT2D eigenvalue weighted by atomic mass is 9.98. The van der Waals surface area contributed by atoms with Gasteiger partial charge in [-0.25, -0.2) is 13.8 Å². The SMILES string of the molecule is CC(C)c1nc(-c2cc(N)cc(F)c2OC(F)(F)F)c(F)c2c1c(C1C3CNCC31)nn2C1CC1CN(C)C. The van der Waals surface area contributed by atoms with E-state index < -0.39 is 35.0 Å². The third-order valence-corrected chi connectivity index (χ3v) is 8.13. The Balaban J connectivity index is 1.60.